The van der Waals surface area contributed by atoms with Gasteiger partial charge in [0, 0.05) is 19.9 Å². The molecular weight excluding hydrogens is 268 g/mol. The zero-order valence-corrected chi connectivity index (χ0v) is 11.0. The monoisotopic (exact) mass is 282 g/mol. The second-order valence-corrected chi connectivity index (χ2v) is 4.04. The van der Waals surface area contributed by atoms with E-state index in [1.165, 1.54) is 29.9 Å². The minimum Gasteiger partial charge on any atom is -0.493 e. The van der Waals surface area contributed by atoms with Gasteiger partial charge in [-0.25, -0.2) is 10.0 Å². The molecule has 0 bridgehead atoms. The lowest BCUT2D eigenvalue weighted by atomic mass is 10.3. The van der Waals surface area contributed by atoms with Crippen LogP contribution in [0.25, 0.3) is 0 Å². The van der Waals surface area contributed by atoms with Crippen LogP contribution in [0.3, 0.4) is 0 Å². The standard InChI is InChI=1S/C11H14N4O5/c1-7(16)19-5-9-3-11(18)15-10(12-9)4-14(13-15)6-20-8(2)17/h3-4,13,18H,5-6H2,1-2H3. The molecule has 9 nitrogen and oxygen atoms in total. The summed E-state index contributed by atoms with van der Waals surface area (Å²) in [6.45, 7) is 2.52. The first-order chi connectivity index (χ1) is 9.45. The zero-order chi connectivity index (χ0) is 14.7. The molecule has 2 aliphatic rings. The summed E-state index contributed by atoms with van der Waals surface area (Å²) in [5.74, 6) is -0.579. The maximum atomic E-state index is 10.7. The molecule has 0 saturated heterocycles. The van der Waals surface area contributed by atoms with Gasteiger partial charge in [0.15, 0.2) is 12.6 Å². The number of hydrogen-bond acceptors (Lipinski definition) is 9. The van der Waals surface area contributed by atoms with E-state index in [9.17, 15) is 14.7 Å². The van der Waals surface area contributed by atoms with Crippen molar-refractivity contribution in [3.63, 3.8) is 0 Å². The van der Waals surface area contributed by atoms with E-state index in [1.807, 2.05) is 0 Å². The predicted octanol–water partition coefficient (Wildman–Crippen LogP) is -0.240. The van der Waals surface area contributed by atoms with Crippen molar-refractivity contribution in [3.8, 4) is 0 Å². The number of hydrogen-bond donors (Lipinski definition) is 2. The molecule has 2 rings (SSSR count). The largest absolute Gasteiger partial charge is 0.493 e. The molecule has 2 N–H and O–H groups in total. The van der Waals surface area contributed by atoms with Gasteiger partial charge in [-0.1, -0.05) is 0 Å². The van der Waals surface area contributed by atoms with E-state index in [-0.39, 0.29) is 19.2 Å². The molecule has 0 spiro atoms. The Kier molecular flexibility index (Phi) is 3.89. The van der Waals surface area contributed by atoms with Crippen molar-refractivity contribution in [2.24, 2.45) is 4.99 Å². The van der Waals surface area contributed by atoms with Crippen molar-refractivity contribution < 1.29 is 24.2 Å². The SMILES string of the molecule is CC(=O)OCC1=NC2=CN(COC(C)=O)NN2C(O)=C1. The summed E-state index contributed by atoms with van der Waals surface area (Å²) in [7, 11) is 0. The molecule has 0 aromatic heterocycles. The molecule has 2 heterocycles. The molecule has 0 aromatic carbocycles. The van der Waals surface area contributed by atoms with Crippen molar-refractivity contribution >= 4 is 17.7 Å². The fourth-order valence-electron chi connectivity index (χ4n) is 1.52. The number of rotatable bonds is 4. The first-order valence-corrected chi connectivity index (χ1v) is 5.75. The van der Waals surface area contributed by atoms with Crippen LogP contribution in [-0.4, -0.2) is 46.1 Å². The highest BCUT2D eigenvalue weighted by molar-refractivity contribution is 5.98. The molecule has 2 aliphatic heterocycles. The zero-order valence-electron chi connectivity index (χ0n) is 11.0. The van der Waals surface area contributed by atoms with Gasteiger partial charge in [0.2, 0.25) is 5.88 Å². The number of carbonyl (C=O) groups is 2. The Morgan fingerprint density at radius 2 is 2.05 bits per heavy atom. The lowest BCUT2D eigenvalue weighted by Gasteiger charge is -2.24. The average molecular weight is 282 g/mol. The third-order valence-corrected chi connectivity index (χ3v) is 2.34. The number of esters is 2. The fraction of sp³-hybridized carbons (Fsp3) is 0.364. The van der Waals surface area contributed by atoms with Gasteiger partial charge in [-0.2, -0.15) is 0 Å². The summed E-state index contributed by atoms with van der Waals surface area (Å²) in [6.07, 6.45) is 2.91. The number of nitrogens with one attached hydrogen (secondary N) is 1. The summed E-state index contributed by atoms with van der Waals surface area (Å²) in [5.41, 5.74) is 3.15. The second kappa shape index (κ2) is 5.61. The number of carbonyl (C=O) groups excluding carboxylic acids is 2. The Morgan fingerprint density at radius 1 is 1.35 bits per heavy atom. The molecule has 0 atom stereocenters. The number of nitrogens with zero attached hydrogens (tertiary/aromatic N) is 3. The van der Waals surface area contributed by atoms with Crippen LogP contribution in [0.15, 0.2) is 29.0 Å². The Hall–Kier alpha value is -2.55. The quantitative estimate of drug-likeness (QED) is 0.681. The minimum atomic E-state index is -0.432. The Balaban J connectivity index is 2.03. The topological polar surface area (TPSA) is 104 Å². The molecule has 0 fully saturated rings. The van der Waals surface area contributed by atoms with Crippen molar-refractivity contribution in [1.29, 1.82) is 0 Å². The van der Waals surface area contributed by atoms with Gasteiger partial charge in [-0.3, -0.25) is 14.6 Å². The Morgan fingerprint density at radius 3 is 2.70 bits per heavy atom. The summed E-state index contributed by atoms with van der Waals surface area (Å²) in [4.78, 5) is 25.7. The average Bonchev–Trinajstić information content (AvgIpc) is 2.77. The summed E-state index contributed by atoms with van der Waals surface area (Å²) in [6, 6.07) is 0. The van der Waals surface area contributed by atoms with E-state index in [0.29, 0.717) is 11.5 Å². The van der Waals surface area contributed by atoms with Crippen LogP contribution in [0.4, 0.5) is 0 Å². The molecule has 0 aromatic rings. The molecular formula is C11H14N4O5. The van der Waals surface area contributed by atoms with Gasteiger partial charge in [-0.15, -0.1) is 5.53 Å². The maximum absolute atomic E-state index is 10.7. The van der Waals surface area contributed by atoms with Crippen LogP contribution in [0.2, 0.25) is 0 Å². The first kappa shape index (κ1) is 13.9. The first-order valence-electron chi connectivity index (χ1n) is 5.75. The molecule has 0 amide bonds. The number of ether oxygens (including phenoxy) is 2. The lowest BCUT2D eigenvalue weighted by molar-refractivity contribution is -0.146. The van der Waals surface area contributed by atoms with Crippen LogP contribution in [-0.2, 0) is 19.1 Å². The van der Waals surface area contributed by atoms with Crippen molar-refractivity contribution in [2.75, 3.05) is 13.3 Å². The number of hydrazine groups is 2. The third kappa shape index (κ3) is 3.26. The van der Waals surface area contributed by atoms with Crippen LogP contribution in [0, 0.1) is 0 Å². The van der Waals surface area contributed by atoms with E-state index >= 15 is 0 Å². The summed E-state index contributed by atoms with van der Waals surface area (Å²) in [5, 5.41) is 12.6. The molecule has 0 radical (unpaired) electrons. The van der Waals surface area contributed by atoms with Gasteiger partial charge in [0.1, 0.15) is 6.61 Å². The Labute approximate surface area is 114 Å². The van der Waals surface area contributed by atoms with Crippen LogP contribution in [0.1, 0.15) is 13.8 Å². The number of aliphatic imine (C=N–C) groups is 1. The number of aliphatic hydroxyl groups excluding tert-OH is 1. The second-order valence-electron chi connectivity index (χ2n) is 4.04. The molecule has 9 heteroatoms. The molecule has 0 aliphatic carbocycles. The lowest BCUT2D eigenvalue weighted by Crippen LogP contribution is -2.42. The minimum absolute atomic E-state index is 0.0303. The van der Waals surface area contributed by atoms with E-state index < -0.39 is 11.9 Å². The maximum Gasteiger partial charge on any atom is 0.304 e. The van der Waals surface area contributed by atoms with Crippen molar-refractivity contribution in [1.82, 2.24) is 15.6 Å². The van der Waals surface area contributed by atoms with E-state index in [2.05, 4.69) is 10.5 Å². The van der Waals surface area contributed by atoms with Crippen LogP contribution in [0.5, 0.6) is 0 Å². The van der Waals surface area contributed by atoms with E-state index in [0.717, 1.165) is 0 Å². The highest BCUT2D eigenvalue weighted by Gasteiger charge is 2.27. The van der Waals surface area contributed by atoms with Crippen molar-refractivity contribution in [3.05, 3.63) is 24.0 Å². The molecule has 0 saturated carbocycles. The fourth-order valence-corrected chi connectivity index (χ4v) is 1.52. The normalized spacial score (nSPS) is 17.0. The van der Waals surface area contributed by atoms with E-state index in [1.54, 1.807) is 6.20 Å². The smallest absolute Gasteiger partial charge is 0.304 e. The van der Waals surface area contributed by atoms with Crippen molar-refractivity contribution in [2.45, 2.75) is 13.8 Å². The summed E-state index contributed by atoms with van der Waals surface area (Å²) < 4.78 is 9.62. The van der Waals surface area contributed by atoms with Gasteiger partial charge < -0.3 is 14.6 Å². The molecule has 0 unspecified atom stereocenters. The third-order valence-electron chi connectivity index (χ3n) is 2.34. The predicted molar refractivity (Wildman–Crippen MR) is 66.3 cm³/mol. The highest BCUT2D eigenvalue weighted by atomic mass is 16.5. The molecule has 108 valence electrons. The van der Waals surface area contributed by atoms with Gasteiger partial charge >= 0.3 is 11.9 Å². The number of aliphatic hydroxyl groups is 1. The highest BCUT2D eigenvalue weighted by Crippen LogP contribution is 2.21. The van der Waals surface area contributed by atoms with Crippen LogP contribution >= 0.6 is 0 Å². The number of fused-ring (bicyclic) bond motifs is 1. The molecule has 20 heavy (non-hydrogen) atoms. The summed E-state index contributed by atoms with van der Waals surface area (Å²) >= 11 is 0. The van der Waals surface area contributed by atoms with Gasteiger partial charge in [0.25, 0.3) is 0 Å². The van der Waals surface area contributed by atoms with E-state index in [4.69, 9.17) is 9.47 Å². The van der Waals surface area contributed by atoms with Gasteiger partial charge in [-0.05, 0) is 0 Å². The Bertz CT molecular complexity index is 525. The van der Waals surface area contributed by atoms with Crippen LogP contribution < -0.4 is 5.53 Å². The van der Waals surface area contributed by atoms with Gasteiger partial charge in [0.05, 0.1) is 11.9 Å².